The quantitative estimate of drug-likeness (QED) is 0.0401. The highest BCUT2D eigenvalue weighted by molar-refractivity contribution is 7.96. The first kappa shape index (κ1) is 50.2. The zero-order chi connectivity index (χ0) is 47.7. The van der Waals surface area contributed by atoms with Crippen LogP contribution in [0.3, 0.4) is 0 Å². The van der Waals surface area contributed by atoms with E-state index in [9.17, 15) is 57.5 Å². The molecule has 0 fully saturated rings. The molecule has 340 valence electrons. The topological polar surface area (TPSA) is 66.8 Å². The Balaban J connectivity index is 0.000000405. The first-order chi connectivity index (χ1) is 29.4. The Morgan fingerprint density at radius 3 is 0.921 bits per heavy atom. The van der Waals surface area contributed by atoms with E-state index in [1.54, 1.807) is 12.1 Å². The lowest BCUT2D eigenvalue weighted by Gasteiger charge is -2.44. The second-order valence-electron chi connectivity index (χ2n) is 12.6. The van der Waals surface area contributed by atoms with Gasteiger partial charge in [0.1, 0.15) is 69.9 Å². The van der Waals surface area contributed by atoms with Crippen molar-refractivity contribution in [1.82, 2.24) is 0 Å². The first-order valence-corrected chi connectivity index (χ1v) is 18.4. The number of ether oxygens (including phenoxy) is 1. The van der Waals surface area contributed by atoms with Crippen molar-refractivity contribution in [3.8, 4) is 0 Å². The van der Waals surface area contributed by atoms with E-state index in [1.807, 2.05) is 12.1 Å². The third kappa shape index (κ3) is 8.38. The molecule has 0 heterocycles. The number of carbonyl (C=O) groups is 1. The molecular weight excluding hydrogens is 931 g/mol. The molecule has 0 bridgehead atoms. The van der Waals surface area contributed by atoms with Gasteiger partial charge in [-0.3, -0.25) is 0 Å². The maximum atomic E-state index is 15.4. The smallest absolute Gasteiger partial charge is 0.338 e. The molecule has 63 heavy (non-hydrogen) atoms. The fourth-order valence-electron chi connectivity index (χ4n) is 6.55. The van der Waals surface area contributed by atoms with Gasteiger partial charge in [-0.05, 0) is 17.0 Å². The lowest BCUT2D eigenvalue weighted by atomic mass is 9.12. The van der Waals surface area contributed by atoms with Gasteiger partial charge in [-0.1, -0.05) is 18.2 Å². The highest BCUT2D eigenvalue weighted by Crippen LogP contribution is 2.31. The fraction of sp³-hybridized carbons (Fsp3) is 0.162. The lowest BCUT2D eigenvalue weighted by molar-refractivity contribution is 0.0599. The average molecular weight is 950 g/mol. The molecule has 5 rings (SSSR count). The van der Waals surface area contributed by atoms with Crippen molar-refractivity contribution < 1.29 is 108 Å². The van der Waals surface area contributed by atoms with E-state index in [0.29, 0.717) is 22.8 Å². The minimum Gasteiger partial charge on any atom is -0.465 e. The summed E-state index contributed by atoms with van der Waals surface area (Å²) in [7, 11) is 1.25. The van der Waals surface area contributed by atoms with Crippen LogP contribution < -0.4 is 21.9 Å². The fourth-order valence-corrected chi connectivity index (χ4v) is 8.25. The molecule has 0 aliphatic carbocycles. The Morgan fingerprint density at radius 2 is 0.683 bits per heavy atom. The van der Waals surface area contributed by atoms with Gasteiger partial charge in [0.05, 0.1) is 25.9 Å². The normalized spacial score (nSPS) is 11.6. The molecule has 5 aromatic carbocycles. The predicted molar refractivity (Wildman–Crippen MR) is 182 cm³/mol. The third-order valence-electron chi connectivity index (χ3n) is 9.25. The van der Waals surface area contributed by atoms with Crippen LogP contribution in [-0.4, -0.2) is 54.2 Å². The summed E-state index contributed by atoms with van der Waals surface area (Å²) < 4.78 is 299. The number of benzene rings is 5. The van der Waals surface area contributed by atoms with E-state index in [1.165, 1.54) is 7.11 Å². The zero-order valence-corrected chi connectivity index (χ0v) is 31.4. The van der Waals surface area contributed by atoms with E-state index < -0.39 is 144 Å². The molecule has 0 saturated heterocycles. The van der Waals surface area contributed by atoms with Crippen LogP contribution in [0.5, 0.6) is 0 Å². The van der Waals surface area contributed by atoms with Gasteiger partial charge in [0, 0.05) is 5.56 Å². The van der Waals surface area contributed by atoms with Crippen LogP contribution in [0.1, 0.15) is 15.9 Å². The van der Waals surface area contributed by atoms with Crippen LogP contribution in [0.15, 0.2) is 24.3 Å². The average Bonchev–Trinajstić information content (AvgIpc) is 3.26. The molecule has 26 heteroatoms. The van der Waals surface area contributed by atoms with E-state index in [4.69, 9.17) is 14.9 Å². The molecule has 0 unspecified atom stereocenters. The molecule has 4 nitrogen and oxygen atoms in total. The van der Waals surface area contributed by atoms with E-state index in [-0.39, 0.29) is 30.1 Å². The Labute approximate surface area is 341 Å². The van der Waals surface area contributed by atoms with E-state index >= 15 is 35.1 Å². The molecule has 0 radical (unpaired) electrons. The highest BCUT2D eigenvalue weighted by atomic mass is 32.2. The molecule has 0 aromatic heterocycles. The van der Waals surface area contributed by atoms with Gasteiger partial charge in [-0.15, -0.1) is 21.9 Å². The number of halogens is 20. The van der Waals surface area contributed by atoms with Crippen LogP contribution in [0.25, 0.3) is 0 Å². The van der Waals surface area contributed by atoms with Gasteiger partial charge in [0.2, 0.25) is 0 Å². The van der Waals surface area contributed by atoms with Gasteiger partial charge in [-0.25, -0.2) is 92.6 Å². The summed E-state index contributed by atoms with van der Waals surface area (Å²) in [5.74, 6) is -69.8. The summed E-state index contributed by atoms with van der Waals surface area (Å²) in [6.45, 7) is 0.201. The monoisotopic (exact) mass is 950 g/mol. The number of hydrogen-bond donors (Lipinski definition) is 2. The first-order valence-electron chi connectivity index (χ1n) is 16.7. The van der Waals surface area contributed by atoms with Crippen molar-refractivity contribution in [1.29, 1.82) is 0 Å². The van der Waals surface area contributed by atoms with Gasteiger partial charge in [0.15, 0.2) is 69.8 Å². The number of aliphatic hydroxyl groups excluding tert-OH is 2. The van der Waals surface area contributed by atoms with Crippen molar-refractivity contribution in [2.24, 2.45) is 0 Å². The van der Waals surface area contributed by atoms with Crippen LogP contribution in [0.4, 0.5) is 87.8 Å². The highest BCUT2D eigenvalue weighted by Gasteiger charge is 2.52. The summed E-state index contributed by atoms with van der Waals surface area (Å²) >= 11 is 0. The number of methoxy groups -OCH3 is 1. The molecule has 0 atom stereocenters. The molecular formula is C37H19BF20O4S. The molecule has 0 amide bonds. The van der Waals surface area contributed by atoms with Crippen LogP contribution >= 0.6 is 0 Å². The van der Waals surface area contributed by atoms with Crippen molar-refractivity contribution in [2.45, 2.75) is 5.75 Å². The van der Waals surface area contributed by atoms with Crippen molar-refractivity contribution in [3.63, 3.8) is 0 Å². The Morgan fingerprint density at radius 1 is 0.444 bits per heavy atom. The Bertz CT molecular complexity index is 2230. The molecule has 5 aromatic rings. The summed E-state index contributed by atoms with van der Waals surface area (Å²) in [4.78, 5) is 11.6. The van der Waals surface area contributed by atoms with E-state index in [2.05, 4.69) is 0 Å². The van der Waals surface area contributed by atoms with Crippen LogP contribution in [-0.2, 0) is 21.4 Å². The summed E-state index contributed by atoms with van der Waals surface area (Å²) in [6.07, 6.45) is -7.22. The lowest BCUT2D eigenvalue weighted by Crippen LogP contribution is -2.81. The SMILES string of the molecule is COC(=O)c1ccccc1C[S+](CCO)CCO.Fc1c(F)c(F)c([B-](c2c(F)c(F)c(F)c(F)c2F)(c2c(F)c(F)c(F)c(F)c2F)c2c(F)c(F)c(F)c(F)c2F)c(F)c1F. The van der Waals surface area contributed by atoms with Crippen LogP contribution in [0.2, 0.25) is 0 Å². The Kier molecular flexibility index (Phi) is 15.5. The van der Waals surface area contributed by atoms with Gasteiger partial charge < -0.3 is 14.9 Å². The van der Waals surface area contributed by atoms with Crippen molar-refractivity contribution in [2.75, 3.05) is 31.8 Å². The maximum Gasteiger partial charge on any atom is 0.338 e. The number of carbonyl (C=O) groups excluding carboxylic acids is 1. The largest absolute Gasteiger partial charge is 0.465 e. The molecule has 2 N–H and O–H groups in total. The van der Waals surface area contributed by atoms with Gasteiger partial charge in [-0.2, -0.15) is 0 Å². The molecule has 0 aliphatic heterocycles. The predicted octanol–water partition coefficient (Wildman–Crippen LogP) is 6.42. The molecule has 0 saturated carbocycles. The standard InChI is InChI=1S/C24BF20.C13H19O4S/c26-5-1(6(27)14(35)21(42)13(5)34)25(2-7(28)15(36)22(43)16(37)8(2)29,3-9(30)17(38)23(44)18(39)10(3)31)4-11(32)19(40)24(45)20(41)12(4)33;1-17-13(16)12-5-3-2-4-11(12)10-18(8-6-14)9-7-15/h;2-5,14-15H,6-10H2,1H3/q-1;+1. The third-order valence-corrected chi connectivity index (χ3v) is 11.5. The number of hydrogen-bond acceptors (Lipinski definition) is 4. The van der Waals surface area contributed by atoms with Gasteiger partial charge in [0.25, 0.3) is 0 Å². The maximum absolute atomic E-state index is 15.4. The molecule has 0 aliphatic rings. The van der Waals surface area contributed by atoms with Crippen LogP contribution in [0, 0.1) is 116 Å². The van der Waals surface area contributed by atoms with Gasteiger partial charge >= 0.3 is 5.97 Å². The minimum absolute atomic E-state index is 0.101. The van der Waals surface area contributed by atoms with Crippen molar-refractivity contribution >= 4 is 44.9 Å². The van der Waals surface area contributed by atoms with E-state index in [0.717, 1.165) is 5.56 Å². The number of esters is 1. The number of aliphatic hydroxyl groups is 2. The summed E-state index contributed by atoms with van der Waals surface area (Å²) in [5, 5.41) is 18.0. The minimum atomic E-state index is -7.22. The number of rotatable bonds is 11. The molecule has 0 spiro atoms. The second kappa shape index (κ2) is 19.5. The summed E-state index contributed by atoms with van der Waals surface area (Å²) in [5.41, 5.74) is -12.9. The Hall–Kier alpha value is -5.50. The van der Waals surface area contributed by atoms with Crippen molar-refractivity contribution in [3.05, 3.63) is 152 Å². The second-order valence-corrected chi connectivity index (χ2v) is 14.9. The summed E-state index contributed by atoms with van der Waals surface area (Å²) in [6, 6.07) is 7.30. The zero-order valence-electron chi connectivity index (χ0n) is 30.6.